The van der Waals surface area contributed by atoms with E-state index in [0.717, 1.165) is 20.9 Å². The first kappa shape index (κ1) is 17.0. The van der Waals surface area contributed by atoms with Crippen LogP contribution in [0.1, 0.15) is 31.8 Å². The molecule has 0 bridgehead atoms. The Balaban J connectivity index is 2.52. The van der Waals surface area contributed by atoms with Gasteiger partial charge in [-0.1, -0.05) is 48.2 Å². The zero-order valence-corrected chi connectivity index (χ0v) is 14.1. The third kappa shape index (κ3) is 3.88. The average molecular weight is 322 g/mol. The van der Waals surface area contributed by atoms with Crippen LogP contribution in [0.2, 0.25) is 0 Å². The molecule has 0 saturated carbocycles. The van der Waals surface area contributed by atoms with Gasteiger partial charge in [-0.15, -0.1) is 0 Å². The average Bonchev–Trinajstić information content (AvgIpc) is 2.56. The Labute approximate surface area is 140 Å². The summed E-state index contributed by atoms with van der Waals surface area (Å²) < 4.78 is 0. The molecule has 0 aliphatic carbocycles. The van der Waals surface area contributed by atoms with Crippen molar-refractivity contribution >= 4 is 23.3 Å². The highest BCUT2D eigenvalue weighted by molar-refractivity contribution is 7.99. The molecule has 2 nitrogen and oxygen atoms in total. The van der Waals surface area contributed by atoms with Gasteiger partial charge < -0.3 is 0 Å². The van der Waals surface area contributed by atoms with Crippen molar-refractivity contribution in [3.05, 3.63) is 84.0 Å². The largest absolute Gasteiger partial charge is 0.289 e. The number of allylic oxidation sites excluding steroid dienone is 2. The minimum absolute atomic E-state index is 0.125. The number of aryl methyl sites for hydroxylation is 2. The number of benzene rings is 2. The van der Waals surface area contributed by atoms with E-state index in [1.54, 1.807) is 0 Å². The van der Waals surface area contributed by atoms with Crippen LogP contribution in [0.5, 0.6) is 0 Å². The lowest BCUT2D eigenvalue weighted by atomic mass is 10.1. The monoisotopic (exact) mass is 322 g/mol. The fourth-order valence-electron chi connectivity index (χ4n) is 2.19. The van der Waals surface area contributed by atoms with Crippen molar-refractivity contribution in [2.45, 2.75) is 23.6 Å². The van der Waals surface area contributed by atoms with E-state index in [4.69, 9.17) is 0 Å². The molecule has 3 heteroatoms. The quantitative estimate of drug-likeness (QED) is 0.542. The fourth-order valence-corrected chi connectivity index (χ4v) is 3.24. The van der Waals surface area contributed by atoms with Gasteiger partial charge in [0.05, 0.1) is 0 Å². The Morgan fingerprint density at radius 1 is 0.826 bits per heavy atom. The van der Waals surface area contributed by atoms with Crippen LogP contribution in [0.25, 0.3) is 0 Å². The summed E-state index contributed by atoms with van der Waals surface area (Å²) in [5, 5.41) is 0. The van der Waals surface area contributed by atoms with Crippen molar-refractivity contribution in [3.8, 4) is 0 Å². The Morgan fingerprint density at radius 2 is 1.22 bits per heavy atom. The van der Waals surface area contributed by atoms with Crippen LogP contribution in [0.3, 0.4) is 0 Å². The molecule has 0 radical (unpaired) electrons. The van der Waals surface area contributed by atoms with E-state index < -0.39 is 0 Å². The van der Waals surface area contributed by atoms with Crippen LogP contribution in [-0.2, 0) is 0 Å². The molecule has 0 spiro atoms. The molecule has 0 aromatic heterocycles. The number of hydrogen-bond acceptors (Lipinski definition) is 3. The molecule has 0 aliphatic rings. The first-order valence-electron chi connectivity index (χ1n) is 7.19. The predicted octanol–water partition coefficient (Wildman–Crippen LogP) is 5.19. The number of carbonyl (C=O) groups excluding carboxylic acids is 2. The van der Waals surface area contributed by atoms with Crippen molar-refractivity contribution < 1.29 is 9.59 Å². The minimum Gasteiger partial charge on any atom is -0.289 e. The summed E-state index contributed by atoms with van der Waals surface area (Å²) in [5.41, 5.74) is 3.21. The fraction of sp³-hybridized carbons (Fsp3) is 0.100. The van der Waals surface area contributed by atoms with Gasteiger partial charge in [0.1, 0.15) is 0 Å². The van der Waals surface area contributed by atoms with Gasteiger partial charge in [0, 0.05) is 20.9 Å². The molecule has 116 valence electrons. The van der Waals surface area contributed by atoms with E-state index in [2.05, 4.69) is 13.2 Å². The molecule has 0 fully saturated rings. The summed E-state index contributed by atoms with van der Waals surface area (Å²) in [5.74, 6) is -0.250. The second kappa shape index (κ2) is 7.25. The number of hydrogen-bond donors (Lipinski definition) is 0. The van der Waals surface area contributed by atoms with Crippen molar-refractivity contribution in [2.75, 3.05) is 0 Å². The van der Waals surface area contributed by atoms with E-state index in [-0.39, 0.29) is 11.6 Å². The van der Waals surface area contributed by atoms with Gasteiger partial charge in [0.15, 0.2) is 11.6 Å². The second-order valence-corrected chi connectivity index (χ2v) is 6.32. The summed E-state index contributed by atoms with van der Waals surface area (Å²) in [6, 6.07) is 11.4. The van der Waals surface area contributed by atoms with Crippen LogP contribution in [0, 0.1) is 13.8 Å². The summed E-state index contributed by atoms with van der Waals surface area (Å²) in [4.78, 5) is 25.8. The maximum Gasteiger partial charge on any atom is 0.186 e. The van der Waals surface area contributed by atoms with E-state index in [0.29, 0.717) is 11.1 Å². The molecule has 2 rings (SSSR count). The maximum atomic E-state index is 12.1. The lowest BCUT2D eigenvalue weighted by Crippen LogP contribution is -2.00. The Bertz CT molecular complexity index is 736. The SMILES string of the molecule is C=CC(=O)c1cc(C)ccc1Sc1ccc(C)cc1C(=O)C=C. The van der Waals surface area contributed by atoms with Crippen molar-refractivity contribution in [1.82, 2.24) is 0 Å². The first-order valence-corrected chi connectivity index (χ1v) is 8.00. The van der Waals surface area contributed by atoms with E-state index in [1.165, 1.54) is 23.9 Å². The number of carbonyl (C=O) groups is 2. The van der Waals surface area contributed by atoms with Gasteiger partial charge in [-0.2, -0.15) is 0 Å². The standard InChI is InChI=1S/C20H18O2S/c1-5-17(21)15-11-13(3)7-9-19(15)23-20-10-8-14(4)12-16(20)18(22)6-2/h5-12H,1-2H2,3-4H3. The lowest BCUT2D eigenvalue weighted by molar-refractivity contribution is 0.103. The van der Waals surface area contributed by atoms with Crippen molar-refractivity contribution in [1.29, 1.82) is 0 Å². The van der Waals surface area contributed by atoms with Crippen LogP contribution >= 0.6 is 11.8 Å². The Hall–Kier alpha value is -2.39. The zero-order valence-electron chi connectivity index (χ0n) is 13.3. The highest BCUT2D eigenvalue weighted by atomic mass is 32.2. The molecule has 0 N–H and O–H groups in total. The molecular formula is C20H18O2S. The normalized spacial score (nSPS) is 10.2. The van der Waals surface area contributed by atoms with Crippen molar-refractivity contribution in [2.24, 2.45) is 0 Å². The third-order valence-electron chi connectivity index (χ3n) is 3.39. The lowest BCUT2D eigenvalue weighted by Gasteiger charge is -2.11. The van der Waals surface area contributed by atoms with Gasteiger partial charge in [0.25, 0.3) is 0 Å². The Kier molecular flexibility index (Phi) is 5.35. The van der Waals surface area contributed by atoms with Crippen LogP contribution in [0.4, 0.5) is 0 Å². The molecule has 0 saturated heterocycles. The van der Waals surface area contributed by atoms with E-state index in [1.807, 2.05) is 50.2 Å². The van der Waals surface area contributed by atoms with Gasteiger partial charge in [-0.3, -0.25) is 9.59 Å². The third-order valence-corrected chi connectivity index (χ3v) is 4.54. The summed E-state index contributed by atoms with van der Waals surface area (Å²) in [7, 11) is 0. The van der Waals surface area contributed by atoms with Gasteiger partial charge >= 0.3 is 0 Å². The van der Waals surface area contributed by atoms with Gasteiger partial charge in [0.2, 0.25) is 0 Å². The smallest absolute Gasteiger partial charge is 0.186 e. The maximum absolute atomic E-state index is 12.1. The highest BCUT2D eigenvalue weighted by Crippen LogP contribution is 2.34. The van der Waals surface area contributed by atoms with E-state index in [9.17, 15) is 9.59 Å². The molecule has 0 heterocycles. The number of ketones is 2. The molecule has 0 unspecified atom stereocenters. The van der Waals surface area contributed by atoms with Gasteiger partial charge in [-0.25, -0.2) is 0 Å². The second-order valence-electron chi connectivity index (χ2n) is 5.24. The van der Waals surface area contributed by atoms with Crippen molar-refractivity contribution in [3.63, 3.8) is 0 Å². The molecule has 0 aliphatic heterocycles. The van der Waals surface area contributed by atoms with E-state index >= 15 is 0 Å². The molecule has 0 atom stereocenters. The zero-order chi connectivity index (χ0) is 17.0. The Morgan fingerprint density at radius 3 is 1.57 bits per heavy atom. The predicted molar refractivity (Wildman–Crippen MR) is 95.5 cm³/mol. The molecular weight excluding hydrogens is 304 g/mol. The van der Waals surface area contributed by atoms with Gasteiger partial charge in [-0.05, 0) is 50.3 Å². The number of rotatable bonds is 6. The molecule has 23 heavy (non-hydrogen) atoms. The topological polar surface area (TPSA) is 34.1 Å². The molecule has 2 aromatic carbocycles. The van der Waals surface area contributed by atoms with Crippen LogP contribution in [-0.4, -0.2) is 11.6 Å². The highest BCUT2D eigenvalue weighted by Gasteiger charge is 2.14. The summed E-state index contributed by atoms with van der Waals surface area (Å²) in [6.07, 6.45) is 2.62. The summed E-state index contributed by atoms with van der Waals surface area (Å²) in [6.45, 7) is 11.0. The first-order chi connectivity index (χ1) is 11.0. The van der Waals surface area contributed by atoms with Crippen LogP contribution in [0.15, 0.2) is 71.5 Å². The minimum atomic E-state index is -0.125. The molecule has 0 amide bonds. The van der Waals surface area contributed by atoms with Crippen LogP contribution < -0.4 is 0 Å². The summed E-state index contributed by atoms with van der Waals surface area (Å²) >= 11 is 1.41. The molecule has 2 aromatic rings.